The summed E-state index contributed by atoms with van der Waals surface area (Å²) in [6, 6.07) is 10.1. The lowest BCUT2D eigenvalue weighted by Gasteiger charge is -2.00. The van der Waals surface area contributed by atoms with Crippen LogP contribution < -0.4 is 0 Å². The molecule has 0 aliphatic heterocycles. The van der Waals surface area contributed by atoms with Crippen LogP contribution in [0.2, 0.25) is 0 Å². The van der Waals surface area contributed by atoms with Gasteiger partial charge in [0.25, 0.3) is 0 Å². The van der Waals surface area contributed by atoms with Crippen LogP contribution >= 0.6 is 22.6 Å². The van der Waals surface area contributed by atoms with Gasteiger partial charge in [-0.3, -0.25) is 0 Å². The van der Waals surface area contributed by atoms with Gasteiger partial charge < -0.3 is 4.98 Å². The van der Waals surface area contributed by atoms with Crippen LogP contribution in [0.3, 0.4) is 0 Å². The Balaban J connectivity index is 1.82. The van der Waals surface area contributed by atoms with Gasteiger partial charge in [0.05, 0.1) is 11.4 Å². The Kier molecular flexibility index (Phi) is 3.30. The molecule has 106 valence electrons. The number of fused-ring (bicyclic) bond motifs is 1. The maximum absolute atomic E-state index is 4.53. The zero-order valence-electron chi connectivity index (χ0n) is 11.4. The van der Waals surface area contributed by atoms with Crippen molar-refractivity contribution in [2.45, 2.75) is 0 Å². The first-order valence-corrected chi connectivity index (χ1v) is 7.74. The normalized spacial score (nSPS) is 11.0. The SMILES string of the molecule is Ic1cccc(-c2cnc3[nH]c(-c4cncnc4)cc3c2)n1. The number of hydrogen-bond donors (Lipinski definition) is 1. The second-order valence-corrected chi connectivity index (χ2v) is 5.92. The molecule has 4 rings (SSSR count). The van der Waals surface area contributed by atoms with Crippen molar-refractivity contribution in [3.05, 3.63) is 59.0 Å². The average molecular weight is 399 g/mol. The van der Waals surface area contributed by atoms with Gasteiger partial charge in [0.2, 0.25) is 0 Å². The van der Waals surface area contributed by atoms with Crippen molar-refractivity contribution in [2.75, 3.05) is 0 Å². The molecular weight excluding hydrogens is 389 g/mol. The van der Waals surface area contributed by atoms with E-state index < -0.39 is 0 Å². The molecule has 1 N–H and O–H groups in total. The van der Waals surface area contributed by atoms with Gasteiger partial charge in [-0.25, -0.2) is 19.9 Å². The van der Waals surface area contributed by atoms with Crippen LogP contribution in [0.25, 0.3) is 33.5 Å². The summed E-state index contributed by atoms with van der Waals surface area (Å²) < 4.78 is 0.964. The number of hydrogen-bond acceptors (Lipinski definition) is 4. The number of nitrogens with zero attached hydrogens (tertiary/aromatic N) is 4. The summed E-state index contributed by atoms with van der Waals surface area (Å²) in [5.74, 6) is 0. The monoisotopic (exact) mass is 399 g/mol. The number of nitrogens with one attached hydrogen (secondary N) is 1. The molecule has 4 aromatic rings. The van der Waals surface area contributed by atoms with Crippen LogP contribution in [0.15, 0.2) is 55.2 Å². The Bertz CT molecular complexity index is 949. The van der Waals surface area contributed by atoms with E-state index in [0.717, 1.165) is 37.2 Å². The second-order valence-electron chi connectivity index (χ2n) is 4.82. The van der Waals surface area contributed by atoms with E-state index in [0.29, 0.717) is 0 Å². The van der Waals surface area contributed by atoms with E-state index in [1.165, 1.54) is 6.33 Å². The highest BCUT2D eigenvalue weighted by Crippen LogP contribution is 2.25. The van der Waals surface area contributed by atoms with Gasteiger partial charge in [-0.1, -0.05) is 6.07 Å². The number of halogens is 1. The Morgan fingerprint density at radius 1 is 0.955 bits per heavy atom. The first-order valence-electron chi connectivity index (χ1n) is 6.67. The lowest BCUT2D eigenvalue weighted by molar-refractivity contribution is 1.16. The molecule has 0 unspecified atom stereocenters. The number of H-pyrrole nitrogens is 1. The summed E-state index contributed by atoms with van der Waals surface area (Å²) in [6.07, 6.45) is 6.91. The summed E-state index contributed by atoms with van der Waals surface area (Å²) >= 11 is 2.21. The first-order chi connectivity index (χ1) is 10.8. The molecule has 0 aliphatic carbocycles. The zero-order valence-corrected chi connectivity index (χ0v) is 13.5. The molecule has 0 aliphatic rings. The van der Waals surface area contributed by atoms with Crippen molar-refractivity contribution in [3.63, 3.8) is 0 Å². The van der Waals surface area contributed by atoms with Crippen LogP contribution in [-0.2, 0) is 0 Å². The van der Waals surface area contributed by atoms with E-state index in [-0.39, 0.29) is 0 Å². The minimum Gasteiger partial charge on any atom is -0.339 e. The largest absolute Gasteiger partial charge is 0.339 e. The van der Waals surface area contributed by atoms with E-state index in [4.69, 9.17) is 0 Å². The molecule has 5 nitrogen and oxygen atoms in total. The molecule has 0 saturated heterocycles. The van der Waals surface area contributed by atoms with Crippen LogP contribution in [0, 0.1) is 3.70 Å². The Morgan fingerprint density at radius 3 is 2.64 bits per heavy atom. The molecule has 6 heteroatoms. The molecule has 4 aromatic heterocycles. The molecule has 0 aromatic carbocycles. The number of pyridine rings is 2. The molecule has 0 radical (unpaired) electrons. The van der Waals surface area contributed by atoms with Crippen molar-refractivity contribution >= 4 is 33.6 Å². The Hall–Kier alpha value is -2.35. The van der Waals surface area contributed by atoms with E-state index in [1.54, 1.807) is 12.4 Å². The minimum atomic E-state index is 0.841. The summed E-state index contributed by atoms with van der Waals surface area (Å²) in [7, 11) is 0. The lowest BCUT2D eigenvalue weighted by Crippen LogP contribution is -1.87. The highest BCUT2D eigenvalue weighted by Gasteiger charge is 2.07. The Labute approximate surface area is 140 Å². The van der Waals surface area contributed by atoms with Crippen LogP contribution in [0.5, 0.6) is 0 Å². The fourth-order valence-electron chi connectivity index (χ4n) is 2.32. The summed E-state index contributed by atoms with van der Waals surface area (Å²) in [5, 5.41) is 1.04. The molecule has 22 heavy (non-hydrogen) atoms. The van der Waals surface area contributed by atoms with Gasteiger partial charge in [-0.2, -0.15) is 0 Å². The predicted molar refractivity (Wildman–Crippen MR) is 93.1 cm³/mol. The molecule has 0 atom stereocenters. The molecule has 0 fully saturated rings. The predicted octanol–water partition coefficient (Wildman–Crippen LogP) is 3.69. The van der Waals surface area contributed by atoms with E-state index >= 15 is 0 Å². The summed E-state index contributed by atoms with van der Waals surface area (Å²) in [4.78, 5) is 20.4. The third kappa shape index (κ3) is 2.45. The van der Waals surface area contributed by atoms with Crippen molar-refractivity contribution in [1.82, 2.24) is 24.9 Å². The van der Waals surface area contributed by atoms with Crippen molar-refractivity contribution in [1.29, 1.82) is 0 Å². The fraction of sp³-hybridized carbons (Fsp3) is 0. The van der Waals surface area contributed by atoms with Gasteiger partial charge in [0.1, 0.15) is 15.7 Å². The summed E-state index contributed by atoms with van der Waals surface area (Å²) in [5.41, 5.74) is 4.66. The number of aromatic nitrogens is 5. The van der Waals surface area contributed by atoms with Gasteiger partial charge in [0, 0.05) is 35.1 Å². The minimum absolute atomic E-state index is 0.841. The maximum Gasteiger partial charge on any atom is 0.137 e. The number of aromatic amines is 1. The third-order valence-corrected chi connectivity index (χ3v) is 3.95. The quantitative estimate of drug-likeness (QED) is 0.413. The highest BCUT2D eigenvalue weighted by molar-refractivity contribution is 14.1. The second kappa shape index (κ2) is 5.45. The van der Waals surface area contributed by atoms with Gasteiger partial charge in [0.15, 0.2) is 0 Å². The highest BCUT2D eigenvalue weighted by atomic mass is 127. The smallest absolute Gasteiger partial charge is 0.137 e. The standard InChI is InChI=1S/C16H10IN5/c17-15-3-1-2-13(21-15)11-4-10-5-14(22-16(10)20-8-11)12-6-18-9-19-7-12/h1-9H,(H,20,22). The molecule has 0 bridgehead atoms. The van der Waals surface area contributed by atoms with Crippen LogP contribution in [-0.4, -0.2) is 24.9 Å². The zero-order chi connectivity index (χ0) is 14.9. The van der Waals surface area contributed by atoms with E-state index in [9.17, 15) is 0 Å². The fourth-order valence-corrected chi connectivity index (χ4v) is 2.79. The Morgan fingerprint density at radius 2 is 1.82 bits per heavy atom. The lowest BCUT2D eigenvalue weighted by atomic mass is 10.1. The van der Waals surface area contributed by atoms with Gasteiger partial charge >= 0.3 is 0 Å². The summed E-state index contributed by atoms with van der Waals surface area (Å²) in [6.45, 7) is 0. The van der Waals surface area contributed by atoms with Crippen molar-refractivity contribution in [2.24, 2.45) is 0 Å². The van der Waals surface area contributed by atoms with E-state index in [2.05, 4.69) is 59.6 Å². The van der Waals surface area contributed by atoms with E-state index in [1.807, 2.05) is 24.4 Å². The maximum atomic E-state index is 4.53. The van der Waals surface area contributed by atoms with Gasteiger partial charge in [-0.05, 0) is 46.9 Å². The third-order valence-electron chi connectivity index (χ3n) is 3.35. The van der Waals surface area contributed by atoms with Crippen molar-refractivity contribution in [3.8, 4) is 22.5 Å². The molecule has 0 spiro atoms. The van der Waals surface area contributed by atoms with Crippen molar-refractivity contribution < 1.29 is 0 Å². The van der Waals surface area contributed by atoms with Gasteiger partial charge in [-0.15, -0.1) is 0 Å². The molecule has 4 heterocycles. The average Bonchev–Trinajstić information content (AvgIpc) is 2.99. The first kappa shape index (κ1) is 13.3. The molecule has 0 saturated carbocycles. The molecule has 0 amide bonds. The van der Waals surface area contributed by atoms with Crippen LogP contribution in [0.4, 0.5) is 0 Å². The van der Waals surface area contributed by atoms with Crippen LogP contribution in [0.1, 0.15) is 0 Å². The topological polar surface area (TPSA) is 67.3 Å². The number of rotatable bonds is 2. The molecular formula is C16H10IN5.